The maximum Gasteiger partial charge on any atom is 0.132 e. The Labute approximate surface area is 131 Å². The minimum Gasteiger partial charge on any atom is -0.356 e. The first kappa shape index (κ1) is 17.9. The van der Waals surface area contributed by atoms with Crippen LogP contribution in [0.3, 0.4) is 0 Å². The van der Waals surface area contributed by atoms with Crippen molar-refractivity contribution in [2.75, 3.05) is 18.0 Å². The monoisotopic (exact) mass is 291 g/mol. The minimum atomic E-state index is 0.364. The molecule has 1 rings (SSSR count). The molecule has 1 aromatic heterocycles. The smallest absolute Gasteiger partial charge is 0.132 e. The number of hydrogen-bond donors (Lipinski definition) is 0. The van der Waals surface area contributed by atoms with E-state index >= 15 is 0 Å². The molecule has 0 amide bonds. The fourth-order valence-electron chi connectivity index (χ4n) is 2.18. The number of anilines is 1. The molecule has 0 unspecified atom stereocenters. The van der Waals surface area contributed by atoms with E-state index < -0.39 is 0 Å². The van der Waals surface area contributed by atoms with Gasteiger partial charge in [-0.05, 0) is 30.7 Å². The first-order valence-corrected chi connectivity index (χ1v) is 8.53. The highest BCUT2D eigenvalue weighted by molar-refractivity contribution is 5.37. The van der Waals surface area contributed by atoms with E-state index in [0.29, 0.717) is 5.41 Å². The molecular formula is C18H33N3. The van der Waals surface area contributed by atoms with Crippen molar-refractivity contribution in [1.29, 1.82) is 0 Å². The van der Waals surface area contributed by atoms with Gasteiger partial charge in [0.15, 0.2) is 0 Å². The summed E-state index contributed by atoms with van der Waals surface area (Å²) >= 11 is 0. The van der Waals surface area contributed by atoms with Crippen molar-refractivity contribution < 1.29 is 0 Å². The van der Waals surface area contributed by atoms with Crippen LogP contribution in [0, 0.1) is 5.41 Å². The predicted octanol–water partition coefficient (Wildman–Crippen LogP) is 4.86. The molecule has 0 aliphatic rings. The number of nitrogens with zero attached hydrogens (tertiary/aromatic N) is 3. The first-order chi connectivity index (χ1) is 9.96. The van der Waals surface area contributed by atoms with Gasteiger partial charge in [-0.3, -0.25) is 0 Å². The van der Waals surface area contributed by atoms with E-state index in [1.807, 2.05) is 6.20 Å². The predicted molar refractivity (Wildman–Crippen MR) is 91.8 cm³/mol. The second kappa shape index (κ2) is 9.01. The van der Waals surface area contributed by atoms with Gasteiger partial charge in [-0.1, -0.05) is 47.5 Å². The molecule has 120 valence electrons. The normalized spacial score (nSPS) is 11.7. The molecule has 0 radical (unpaired) electrons. The lowest BCUT2D eigenvalue weighted by Crippen LogP contribution is -2.29. The summed E-state index contributed by atoms with van der Waals surface area (Å²) in [6.45, 7) is 13.5. The lowest BCUT2D eigenvalue weighted by Gasteiger charge is -2.28. The van der Waals surface area contributed by atoms with Crippen LogP contribution in [0.15, 0.2) is 12.3 Å². The van der Waals surface area contributed by atoms with E-state index in [2.05, 4.69) is 50.6 Å². The first-order valence-electron chi connectivity index (χ1n) is 8.53. The second-order valence-corrected chi connectivity index (χ2v) is 7.09. The van der Waals surface area contributed by atoms with Gasteiger partial charge in [-0.25, -0.2) is 9.97 Å². The van der Waals surface area contributed by atoms with E-state index in [4.69, 9.17) is 4.98 Å². The zero-order valence-electron chi connectivity index (χ0n) is 14.7. The summed E-state index contributed by atoms with van der Waals surface area (Å²) in [5.74, 6) is 2.10. The summed E-state index contributed by atoms with van der Waals surface area (Å²) in [4.78, 5) is 11.6. The molecule has 1 aromatic rings. The molecule has 0 saturated carbocycles. The Hall–Kier alpha value is -1.12. The third kappa shape index (κ3) is 7.45. The quantitative estimate of drug-likeness (QED) is 0.650. The molecule has 0 N–H and O–H groups in total. The van der Waals surface area contributed by atoms with Crippen molar-refractivity contribution >= 4 is 5.82 Å². The van der Waals surface area contributed by atoms with Crippen LogP contribution in [-0.4, -0.2) is 23.1 Å². The summed E-state index contributed by atoms with van der Waals surface area (Å²) < 4.78 is 0. The lowest BCUT2D eigenvalue weighted by molar-refractivity contribution is 0.377. The van der Waals surface area contributed by atoms with E-state index in [1.165, 1.54) is 32.1 Å². The van der Waals surface area contributed by atoms with Gasteiger partial charge in [0.1, 0.15) is 11.6 Å². The average molecular weight is 291 g/mol. The maximum atomic E-state index is 4.78. The third-order valence-electron chi connectivity index (χ3n) is 3.68. The summed E-state index contributed by atoms with van der Waals surface area (Å²) in [7, 11) is 0. The molecule has 0 fully saturated rings. The standard InChI is InChI=1S/C18H33N3/c1-6-8-10-16-19-13-11-17(20-16)21(14-9-7-2)15-12-18(3,4)5/h11,13H,6-10,12,14-15H2,1-5H3. The van der Waals surface area contributed by atoms with Gasteiger partial charge in [0.25, 0.3) is 0 Å². The topological polar surface area (TPSA) is 29.0 Å². The Morgan fingerprint density at radius 1 is 1.05 bits per heavy atom. The molecule has 0 atom stereocenters. The van der Waals surface area contributed by atoms with Crippen LogP contribution >= 0.6 is 0 Å². The lowest BCUT2D eigenvalue weighted by atomic mass is 9.92. The van der Waals surface area contributed by atoms with Gasteiger partial charge in [0.05, 0.1) is 0 Å². The molecule has 1 heterocycles. The molecule has 0 aromatic carbocycles. The molecule has 0 bridgehead atoms. The molecule has 3 nitrogen and oxygen atoms in total. The zero-order chi connectivity index (χ0) is 15.7. The van der Waals surface area contributed by atoms with Gasteiger partial charge >= 0.3 is 0 Å². The number of rotatable bonds is 9. The van der Waals surface area contributed by atoms with E-state index in [9.17, 15) is 0 Å². The SMILES string of the molecule is CCCCc1nccc(N(CCCC)CCC(C)(C)C)n1. The van der Waals surface area contributed by atoms with Gasteiger partial charge in [-0.15, -0.1) is 0 Å². The van der Waals surface area contributed by atoms with E-state index in [0.717, 1.165) is 31.2 Å². The van der Waals surface area contributed by atoms with Gasteiger partial charge in [0, 0.05) is 25.7 Å². The van der Waals surface area contributed by atoms with Crippen LogP contribution in [0.4, 0.5) is 5.82 Å². The third-order valence-corrected chi connectivity index (χ3v) is 3.68. The van der Waals surface area contributed by atoms with Gasteiger partial charge in [0.2, 0.25) is 0 Å². The van der Waals surface area contributed by atoms with Crippen LogP contribution in [-0.2, 0) is 6.42 Å². The number of unbranched alkanes of at least 4 members (excludes halogenated alkanes) is 2. The Morgan fingerprint density at radius 3 is 2.38 bits per heavy atom. The maximum absolute atomic E-state index is 4.78. The zero-order valence-corrected chi connectivity index (χ0v) is 14.7. The highest BCUT2D eigenvalue weighted by Crippen LogP contribution is 2.21. The summed E-state index contributed by atoms with van der Waals surface area (Å²) in [5, 5.41) is 0. The molecule has 3 heteroatoms. The number of hydrogen-bond acceptors (Lipinski definition) is 3. The van der Waals surface area contributed by atoms with Crippen LogP contribution in [0.1, 0.15) is 72.5 Å². The van der Waals surface area contributed by atoms with Crippen LogP contribution in [0.5, 0.6) is 0 Å². The van der Waals surface area contributed by atoms with Gasteiger partial charge < -0.3 is 4.90 Å². The highest BCUT2D eigenvalue weighted by atomic mass is 15.2. The molecule has 0 saturated heterocycles. The Kier molecular flexibility index (Phi) is 7.69. The average Bonchev–Trinajstić information content (AvgIpc) is 2.44. The van der Waals surface area contributed by atoms with Crippen LogP contribution in [0.25, 0.3) is 0 Å². The molecular weight excluding hydrogens is 258 g/mol. The van der Waals surface area contributed by atoms with Crippen molar-refractivity contribution in [1.82, 2.24) is 9.97 Å². The fourth-order valence-corrected chi connectivity index (χ4v) is 2.18. The minimum absolute atomic E-state index is 0.364. The number of aromatic nitrogens is 2. The van der Waals surface area contributed by atoms with Crippen molar-refractivity contribution in [2.45, 2.75) is 73.1 Å². The molecule has 21 heavy (non-hydrogen) atoms. The van der Waals surface area contributed by atoms with Crippen LogP contribution < -0.4 is 4.90 Å². The summed E-state index contributed by atoms with van der Waals surface area (Å²) in [6, 6.07) is 2.06. The Bertz CT molecular complexity index is 396. The Balaban J connectivity index is 2.76. The largest absolute Gasteiger partial charge is 0.356 e. The fraction of sp³-hybridized carbons (Fsp3) is 0.778. The highest BCUT2D eigenvalue weighted by Gasteiger charge is 2.15. The molecule has 0 aliphatic carbocycles. The van der Waals surface area contributed by atoms with E-state index in [-0.39, 0.29) is 0 Å². The Morgan fingerprint density at radius 2 is 1.76 bits per heavy atom. The van der Waals surface area contributed by atoms with Crippen molar-refractivity contribution in [2.24, 2.45) is 5.41 Å². The van der Waals surface area contributed by atoms with Crippen molar-refractivity contribution in [3.8, 4) is 0 Å². The van der Waals surface area contributed by atoms with Crippen molar-refractivity contribution in [3.63, 3.8) is 0 Å². The summed E-state index contributed by atoms with van der Waals surface area (Å²) in [5.41, 5.74) is 0.364. The molecule has 0 aliphatic heterocycles. The number of aryl methyl sites for hydroxylation is 1. The second-order valence-electron chi connectivity index (χ2n) is 7.09. The van der Waals surface area contributed by atoms with Crippen LogP contribution in [0.2, 0.25) is 0 Å². The molecule has 0 spiro atoms. The van der Waals surface area contributed by atoms with Gasteiger partial charge in [-0.2, -0.15) is 0 Å². The van der Waals surface area contributed by atoms with E-state index in [1.54, 1.807) is 0 Å². The summed E-state index contributed by atoms with van der Waals surface area (Å²) in [6.07, 6.45) is 8.90. The van der Waals surface area contributed by atoms with Crippen molar-refractivity contribution in [3.05, 3.63) is 18.1 Å².